The standard InChI is InChI=1S/C51H68N10O12/c1-30(2)24-39(59-45(66)35(52)25-32-14-7-4-8-15-32)50(71)61-23-13-20-41(61)49(70)54-28-43(64)56-36(21-22-42(53)63)46(67)58-37(26-33-16-9-5-10-17-33)47(68)55-31(3)44(65)57-38(27-34-18-11-6-12-19-34)48(69)60-40(29-62)51(72)73/h4-12,14-19,30-31,35-41,62H,13,20-29,52H2,1-3H3,(H2,53,63)(H,54,70)(H,55,68)(H,56,64)(H,57,65)(H,58,67)(H,59,66)(H,60,69)(H,72,73). The summed E-state index contributed by atoms with van der Waals surface area (Å²) in [4.78, 5) is 134. The maximum Gasteiger partial charge on any atom is 0.328 e. The van der Waals surface area contributed by atoms with Crippen LogP contribution in [0.4, 0.5) is 0 Å². The zero-order valence-corrected chi connectivity index (χ0v) is 41.2. The average Bonchev–Trinajstić information content (AvgIpc) is 3.86. The molecule has 394 valence electrons. The summed E-state index contributed by atoms with van der Waals surface area (Å²) >= 11 is 0. The molecule has 3 aromatic carbocycles. The number of carbonyl (C=O) groups excluding carboxylic acids is 9. The minimum atomic E-state index is -1.66. The summed E-state index contributed by atoms with van der Waals surface area (Å²) in [6, 6.07) is 16.0. The van der Waals surface area contributed by atoms with Gasteiger partial charge in [0.15, 0.2) is 0 Å². The van der Waals surface area contributed by atoms with Crippen molar-refractivity contribution in [1.82, 2.24) is 42.1 Å². The van der Waals surface area contributed by atoms with E-state index in [1.807, 2.05) is 44.2 Å². The molecule has 1 aliphatic rings. The Morgan fingerprint density at radius 1 is 0.616 bits per heavy atom. The molecule has 0 saturated carbocycles. The van der Waals surface area contributed by atoms with Crippen LogP contribution in [0.1, 0.15) is 69.6 Å². The van der Waals surface area contributed by atoms with Crippen LogP contribution in [0.15, 0.2) is 91.0 Å². The summed E-state index contributed by atoms with van der Waals surface area (Å²) in [5.74, 6) is -8.39. The van der Waals surface area contributed by atoms with Gasteiger partial charge in [-0.15, -0.1) is 0 Å². The van der Waals surface area contributed by atoms with Crippen LogP contribution in [-0.4, -0.2) is 142 Å². The minimum absolute atomic E-state index is 0.0165. The second-order valence-electron chi connectivity index (χ2n) is 18.3. The SMILES string of the molecule is CC(C)CC(NC(=O)C(N)Cc1ccccc1)C(=O)N1CCCC1C(=O)NCC(=O)NC(CCC(N)=O)C(=O)NC(Cc1ccccc1)C(=O)NC(C)C(=O)NC(Cc1ccccc1)C(=O)NC(CO)C(=O)O. The molecule has 4 rings (SSSR count). The molecule has 1 aliphatic heterocycles. The number of aliphatic carboxylic acids is 1. The Hall–Kier alpha value is -7.72. The predicted molar refractivity (Wildman–Crippen MR) is 266 cm³/mol. The Kier molecular flexibility index (Phi) is 23.0. The van der Waals surface area contributed by atoms with Crippen LogP contribution in [0.25, 0.3) is 0 Å². The molecule has 0 bridgehead atoms. The van der Waals surface area contributed by atoms with E-state index >= 15 is 0 Å². The summed E-state index contributed by atoms with van der Waals surface area (Å²) < 4.78 is 0. The number of amides is 9. The molecule has 8 atom stereocenters. The van der Waals surface area contributed by atoms with Gasteiger partial charge in [-0.3, -0.25) is 43.2 Å². The Bertz CT molecular complexity index is 2380. The van der Waals surface area contributed by atoms with Gasteiger partial charge in [-0.2, -0.15) is 0 Å². The number of aliphatic hydroxyl groups is 1. The molecule has 22 nitrogen and oxygen atoms in total. The molecule has 73 heavy (non-hydrogen) atoms. The van der Waals surface area contributed by atoms with Crippen LogP contribution in [0.2, 0.25) is 0 Å². The molecule has 0 aromatic heterocycles. The van der Waals surface area contributed by atoms with Crippen LogP contribution >= 0.6 is 0 Å². The van der Waals surface area contributed by atoms with Gasteiger partial charge < -0.3 is 63.8 Å². The minimum Gasteiger partial charge on any atom is -0.480 e. The smallest absolute Gasteiger partial charge is 0.328 e. The maximum atomic E-state index is 14.0. The summed E-state index contributed by atoms with van der Waals surface area (Å²) in [7, 11) is 0. The van der Waals surface area contributed by atoms with Crippen molar-refractivity contribution in [2.75, 3.05) is 19.7 Å². The molecule has 9 amide bonds. The first kappa shape index (κ1) is 57.9. The Morgan fingerprint density at radius 2 is 1.10 bits per heavy atom. The van der Waals surface area contributed by atoms with Gasteiger partial charge in [0.05, 0.1) is 19.2 Å². The second kappa shape index (κ2) is 29.0. The van der Waals surface area contributed by atoms with E-state index in [1.165, 1.54) is 11.8 Å². The number of nitrogens with zero attached hydrogens (tertiary/aromatic N) is 1. The van der Waals surface area contributed by atoms with Crippen LogP contribution in [0.5, 0.6) is 0 Å². The zero-order chi connectivity index (χ0) is 53.6. The molecule has 13 N–H and O–H groups in total. The summed E-state index contributed by atoms with van der Waals surface area (Å²) in [6.45, 7) is 3.73. The van der Waals surface area contributed by atoms with Gasteiger partial charge in [0.1, 0.15) is 42.3 Å². The molecule has 0 radical (unpaired) electrons. The van der Waals surface area contributed by atoms with Gasteiger partial charge in [-0.25, -0.2) is 4.79 Å². The van der Waals surface area contributed by atoms with E-state index in [0.29, 0.717) is 17.5 Å². The number of carbonyl (C=O) groups is 10. The number of carboxylic acids is 1. The number of nitrogens with one attached hydrogen (secondary N) is 7. The third kappa shape index (κ3) is 19.1. The number of aliphatic hydroxyl groups excluding tert-OH is 1. The van der Waals surface area contributed by atoms with Crippen LogP contribution in [0.3, 0.4) is 0 Å². The van der Waals surface area contributed by atoms with Crippen molar-refractivity contribution in [1.29, 1.82) is 0 Å². The van der Waals surface area contributed by atoms with Crippen molar-refractivity contribution in [3.63, 3.8) is 0 Å². The summed E-state index contributed by atoms with van der Waals surface area (Å²) in [5.41, 5.74) is 13.7. The topological polar surface area (TPSA) is 351 Å². The molecule has 1 saturated heterocycles. The number of primary amides is 1. The molecular weight excluding hydrogens is 945 g/mol. The van der Waals surface area contributed by atoms with E-state index in [0.717, 1.165) is 5.56 Å². The van der Waals surface area contributed by atoms with Crippen molar-refractivity contribution in [2.24, 2.45) is 17.4 Å². The fourth-order valence-electron chi connectivity index (χ4n) is 8.05. The molecule has 1 fully saturated rings. The lowest BCUT2D eigenvalue weighted by Crippen LogP contribution is -2.59. The Morgan fingerprint density at radius 3 is 1.60 bits per heavy atom. The predicted octanol–water partition coefficient (Wildman–Crippen LogP) is -1.53. The van der Waals surface area contributed by atoms with Gasteiger partial charge in [0.2, 0.25) is 53.2 Å². The summed E-state index contributed by atoms with van der Waals surface area (Å²) in [5, 5.41) is 36.5. The first-order chi connectivity index (χ1) is 34.8. The highest BCUT2D eigenvalue weighted by molar-refractivity contribution is 5.98. The van der Waals surface area contributed by atoms with Gasteiger partial charge in [-0.1, -0.05) is 105 Å². The largest absolute Gasteiger partial charge is 0.480 e. The number of benzene rings is 3. The van der Waals surface area contributed by atoms with Crippen molar-refractivity contribution in [3.8, 4) is 0 Å². The van der Waals surface area contributed by atoms with Crippen molar-refractivity contribution in [3.05, 3.63) is 108 Å². The molecule has 3 aromatic rings. The first-order valence-corrected chi connectivity index (χ1v) is 24.1. The zero-order valence-electron chi connectivity index (χ0n) is 41.2. The van der Waals surface area contributed by atoms with E-state index < -0.39 is 121 Å². The highest BCUT2D eigenvalue weighted by Crippen LogP contribution is 2.21. The van der Waals surface area contributed by atoms with Gasteiger partial charge in [0, 0.05) is 25.8 Å². The number of likely N-dealkylation sites (tertiary alicyclic amines) is 1. The monoisotopic (exact) mass is 1010 g/mol. The number of rotatable bonds is 28. The lowest BCUT2D eigenvalue weighted by atomic mass is 10.0. The number of nitrogens with two attached hydrogens (primary N) is 2. The molecule has 8 unspecified atom stereocenters. The van der Waals surface area contributed by atoms with Crippen LogP contribution in [-0.2, 0) is 67.2 Å². The van der Waals surface area contributed by atoms with Crippen LogP contribution in [0, 0.1) is 5.92 Å². The van der Waals surface area contributed by atoms with Crippen molar-refractivity contribution in [2.45, 2.75) is 120 Å². The van der Waals surface area contributed by atoms with E-state index in [2.05, 4.69) is 37.2 Å². The quantitative estimate of drug-likeness (QED) is 0.0394. The van der Waals surface area contributed by atoms with E-state index in [4.69, 9.17) is 11.5 Å². The average molecular weight is 1010 g/mol. The Balaban J connectivity index is 1.43. The third-order valence-electron chi connectivity index (χ3n) is 11.9. The normalized spacial score (nSPS) is 16.0. The highest BCUT2D eigenvalue weighted by atomic mass is 16.4. The fraction of sp³-hybridized carbons (Fsp3) is 0.451. The maximum absolute atomic E-state index is 14.0. The number of hydrogen-bond donors (Lipinski definition) is 11. The van der Waals surface area contributed by atoms with Crippen molar-refractivity contribution < 1.29 is 58.2 Å². The molecule has 0 spiro atoms. The third-order valence-corrected chi connectivity index (χ3v) is 11.9. The summed E-state index contributed by atoms with van der Waals surface area (Å²) in [6.07, 6.45) is 0.366. The second-order valence-corrected chi connectivity index (χ2v) is 18.3. The van der Waals surface area contributed by atoms with Gasteiger partial charge in [0.25, 0.3) is 0 Å². The fourth-order valence-corrected chi connectivity index (χ4v) is 8.05. The molecular formula is C51H68N10O12. The van der Waals surface area contributed by atoms with Gasteiger partial charge >= 0.3 is 5.97 Å². The van der Waals surface area contributed by atoms with E-state index in [-0.39, 0.29) is 57.4 Å². The Labute approximate surface area is 423 Å². The first-order valence-electron chi connectivity index (χ1n) is 24.1. The highest BCUT2D eigenvalue weighted by Gasteiger charge is 2.39. The lowest BCUT2D eigenvalue weighted by Gasteiger charge is -2.30. The number of hydrogen-bond acceptors (Lipinski definition) is 12. The van der Waals surface area contributed by atoms with Crippen molar-refractivity contribution >= 4 is 59.1 Å². The van der Waals surface area contributed by atoms with Crippen LogP contribution < -0.4 is 48.7 Å². The van der Waals surface area contributed by atoms with E-state index in [9.17, 15) is 58.2 Å². The van der Waals surface area contributed by atoms with E-state index in [1.54, 1.807) is 60.7 Å². The van der Waals surface area contributed by atoms with Gasteiger partial charge in [-0.05, 0) is 61.6 Å². The molecule has 0 aliphatic carbocycles. The molecule has 22 heteroatoms. The molecule has 1 heterocycles. The lowest BCUT2D eigenvalue weighted by molar-refractivity contribution is -0.143. The number of carboxylic acid groups (broad SMARTS) is 1.